The second kappa shape index (κ2) is 7.14. The maximum atomic E-state index is 11.4. The Morgan fingerprint density at radius 3 is 2.69 bits per heavy atom. The lowest BCUT2D eigenvalue weighted by molar-refractivity contribution is -0.113. The van der Waals surface area contributed by atoms with Crippen LogP contribution in [-0.4, -0.2) is 29.1 Å². The number of aliphatic hydroxyl groups excluding tert-OH is 1. The maximum Gasteiger partial charge on any atom is 0.234 e. The molecule has 0 bridgehead atoms. The van der Waals surface area contributed by atoms with Gasteiger partial charge < -0.3 is 16.2 Å². The lowest BCUT2D eigenvalue weighted by atomic mass is 10.3. The van der Waals surface area contributed by atoms with Gasteiger partial charge in [-0.1, -0.05) is 0 Å². The summed E-state index contributed by atoms with van der Waals surface area (Å²) in [6, 6.07) is 7.03. The van der Waals surface area contributed by atoms with Gasteiger partial charge in [0.05, 0.1) is 5.75 Å². The maximum absolute atomic E-state index is 11.4. The zero-order valence-corrected chi connectivity index (χ0v) is 9.80. The predicted molar refractivity (Wildman–Crippen MR) is 68.5 cm³/mol. The van der Waals surface area contributed by atoms with Crippen molar-refractivity contribution in [2.75, 3.05) is 29.2 Å². The van der Waals surface area contributed by atoms with E-state index in [0.717, 1.165) is 17.9 Å². The van der Waals surface area contributed by atoms with Crippen molar-refractivity contribution in [2.45, 2.75) is 6.42 Å². The van der Waals surface area contributed by atoms with Crippen LogP contribution in [0.3, 0.4) is 0 Å². The quantitative estimate of drug-likeness (QED) is 0.518. The standard InChI is InChI=1S/C11H16N2O2S/c12-9-2-4-10(5-3-9)13-11(15)8-16-7-1-6-14/h2-5,14H,1,6-8,12H2,(H,13,15). The van der Waals surface area contributed by atoms with E-state index in [9.17, 15) is 4.79 Å². The molecule has 0 radical (unpaired) electrons. The van der Waals surface area contributed by atoms with E-state index in [1.807, 2.05) is 0 Å². The molecule has 0 aromatic heterocycles. The molecule has 0 aliphatic carbocycles. The largest absolute Gasteiger partial charge is 0.399 e. The summed E-state index contributed by atoms with van der Waals surface area (Å²) in [5.74, 6) is 1.17. The van der Waals surface area contributed by atoms with Crippen molar-refractivity contribution in [3.05, 3.63) is 24.3 Å². The van der Waals surface area contributed by atoms with Gasteiger partial charge >= 0.3 is 0 Å². The fourth-order valence-electron chi connectivity index (χ4n) is 1.10. The van der Waals surface area contributed by atoms with Crippen LogP contribution in [0, 0.1) is 0 Å². The topological polar surface area (TPSA) is 75.3 Å². The Morgan fingerprint density at radius 2 is 2.06 bits per heavy atom. The number of nitrogen functional groups attached to an aromatic ring is 1. The van der Waals surface area contributed by atoms with Gasteiger partial charge in [-0.25, -0.2) is 0 Å². The number of carbonyl (C=O) groups excluding carboxylic acids is 1. The number of benzene rings is 1. The first-order chi connectivity index (χ1) is 7.72. The summed E-state index contributed by atoms with van der Waals surface area (Å²) >= 11 is 1.51. The van der Waals surface area contributed by atoms with E-state index < -0.39 is 0 Å². The van der Waals surface area contributed by atoms with Crippen molar-refractivity contribution in [3.63, 3.8) is 0 Å². The summed E-state index contributed by atoms with van der Waals surface area (Å²) in [7, 11) is 0. The summed E-state index contributed by atoms with van der Waals surface area (Å²) in [6.45, 7) is 0.173. The summed E-state index contributed by atoms with van der Waals surface area (Å²) in [4.78, 5) is 11.4. The Bertz CT molecular complexity index is 327. The normalized spacial score (nSPS) is 10.1. The zero-order chi connectivity index (χ0) is 11.8. The van der Waals surface area contributed by atoms with E-state index >= 15 is 0 Å². The van der Waals surface area contributed by atoms with Crippen LogP contribution in [0.1, 0.15) is 6.42 Å². The van der Waals surface area contributed by atoms with E-state index in [0.29, 0.717) is 11.4 Å². The minimum absolute atomic E-state index is 0.0345. The highest BCUT2D eigenvalue weighted by Crippen LogP contribution is 2.11. The average Bonchev–Trinajstić information content (AvgIpc) is 2.28. The lowest BCUT2D eigenvalue weighted by Gasteiger charge is -2.05. The minimum atomic E-state index is -0.0345. The summed E-state index contributed by atoms with van der Waals surface area (Å²) in [6.07, 6.45) is 0.722. The summed E-state index contributed by atoms with van der Waals surface area (Å²) in [5, 5.41) is 11.3. The summed E-state index contributed by atoms with van der Waals surface area (Å²) < 4.78 is 0. The molecular formula is C11H16N2O2S. The Balaban J connectivity index is 2.26. The molecule has 0 fully saturated rings. The molecule has 4 N–H and O–H groups in total. The first kappa shape index (κ1) is 12.9. The SMILES string of the molecule is Nc1ccc(NC(=O)CSCCCO)cc1. The molecule has 16 heavy (non-hydrogen) atoms. The summed E-state index contributed by atoms with van der Waals surface area (Å²) in [5.41, 5.74) is 6.96. The van der Waals surface area contributed by atoms with Gasteiger partial charge in [0.1, 0.15) is 0 Å². The highest BCUT2D eigenvalue weighted by molar-refractivity contribution is 7.99. The van der Waals surface area contributed by atoms with Crippen molar-refractivity contribution < 1.29 is 9.90 Å². The molecule has 5 heteroatoms. The second-order valence-electron chi connectivity index (χ2n) is 3.30. The van der Waals surface area contributed by atoms with Crippen molar-refractivity contribution >= 4 is 29.0 Å². The fourth-order valence-corrected chi connectivity index (χ4v) is 1.83. The van der Waals surface area contributed by atoms with Crippen LogP contribution in [-0.2, 0) is 4.79 Å². The molecule has 0 unspecified atom stereocenters. The van der Waals surface area contributed by atoms with Crippen molar-refractivity contribution in [1.82, 2.24) is 0 Å². The first-order valence-corrected chi connectivity index (χ1v) is 6.22. The van der Waals surface area contributed by atoms with Crippen LogP contribution in [0.2, 0.25) is 0 Å². The Hall–Kier alpha value is -1.20. The third-order valence-electron chi connectivity index (χ3n) is 1.87. The van der Waals surface area contributed by atoms with Crippen LogP contribution in [0.25, 0.3) is 0 Å². The van der Waals surface area contributed by atoms with E-state index in [1.54, 1.807) is 24.3 Å². The zero-order valence-electron chi connectivity index (χ0n) is 8.98. The molecule has 0 heterocycles. The number of hydrogen-bond acceptors (Lipinski definition) is 4. The molecule has 88 valence electrons. The molecule has 1 rings (SSSR count). The second-order valence-corrected chi connectivity index (χ2v) is 4.41. The van der Waals surface area contributed by atoms with Gasteiger partial charge in [-0.2, -0.15) is 11.8 Å². The number of carbonyl (C=O) groups is 1. The van der Waals surface area contributed by atoms with Gasteiger partial charge in [0.2, 0.25) is 5.91 Å². The predicted octanol–water partition coefficient (Wildman–Crippen LogP) is 1.32. The first-order valence-electron chi connectivity index (χ1n) is 5.06. The number of nitrogens with one attached hydrogen (secondary N) is 1. The van der Waals surface area contributed by atoms with Crippen LogP contribution in [0.4, 0.5) is 11.4 Å². The van der Waals surface area contributed by atoms with Gasteiger partial charge in [-0.15, -0.1) is 0 Å². The molecule has 0 spiro atoms. The Kier molecular flexibility index (Phi) is 5.74. The van der Waals surface area contributed by atoms with Crippen molar-refractivity contribution in [3.8, 4) is 0 Å². The highest BCUT2D eigenvalue weighted by atomic mass is 32.2. The smallest absolute Gasteiger partial charge is 0.234 e. The Labute approximate surface area is 99.2 Å². The fraction of sp³-hybridized carbons (Fsp3) is 0.364. The number of hydrogen-bond donors (Lipinski definition) is 3. The number of thioether (sulfide) groups is 1. The molecule has 0 atom stereocenters. The van der Waals surface area contributed by atoms with Crippen LogP contribution in [0.15, 0.2) is 24.3 Å². The number of amides is 1. The molecular weight excluding hydrogens is 224 g/mol. The highest BCUT2D eigenvalue weighted by Gasteiger charge is 2.01. The van der Waals surface area contributed by atoms with E-state index in [-0.39, 0.29) is 12.5 Å². The average molecular weight is 240 g/mol. The Morgan fingerprint density at radius 1 is 1.38 bits per heavy atom. The molecule has 0 aliphatic rings. The third-order valence-corrected chi connectivity index (χ3v) is 2.92. The van der Waals surface area contributed by atoms with E-state index in [2.05, 4.69) is 5.32 Å². The third kappa shape index (κ3) is 5.04. The lowest BCUT2D eigenvalue weighted by Crippen LogP contribution is -2.14. The number of aliphatic hydroxyl groups is 1. The van der Waals surface area contributed by atoms with Crippen LogP contribution >= 0.6 is 11.8 Å². The minimum Gasteiger partial charge on any atom is -0.399 e. The number of anilines is 2. The monoisotopic (exact) mass is 240 g/mol. The van der Waals surface area contributed by atoms with Crippen LogP contribution < -0.4 is 11.1 Å². The molecule has 1 aromatic carbocycles. The van der Waals surface area contributed by atoms with Gasteiger partial charge in [0.25, 0.3) is 0 Å². The van der Waals surface area contributed by atoms with Gasteiger partial charge in [-0.05, 0) is 36.4 Å². The molecule has 1 aromatic rings. The van der Waals surface area contributed by atoms with E-state index in [4.69, 9.17) is 10.8 Å². The van der Waals surface area contributed by atoms with Gasteiger partial charge in [0, 0.05) is 18.0 Å². The number of nitrogens with two attached hydrogens (primary N) is 1. The molecule has 1 amide bonds. The molecule has 0 saturated heterocycles. The van der Waals surface area contributed by atoms with E-state index in [1.165, 1.54) is 11.8 Å². The van der Waals surface area contributed by atoms with Crippen molar-refractivity contribution in [2.24, 2.45) is 0 Å². The molecule has 0 aliphatic heterocycles. The number of rotatable bonds is 6. The van der Waals surface area contributed by atoms with Crippen LogP contribution in [0.5, 0.6) is 0 Å². The van der Waals surface area contributed by atoms with Gasteiger partial charge in [0.15, 0.2) is 0 Å². The molecule has 4 nitrogen and oxygen atoms in total. The van der Waals surface area contributed by atoms with Crippen molar-refractivity contribution in [1.29, 1.82) is 0 Å². The van der Waals surface area contributed by atoms with Gasteiger partial charge in [-0.3, -0.25) is 4.79 Å². The molecule has 0 saturated carbocycles.